The van der Waals surface area contributed by atoms with Crippen LogP contribution in [0.4, 0.5) is 0 Å². The molecule has 0 saturated heterocycles. The molecule has 0 aromatic carbocycles. The van der Waals surface area contributed by atoms with Crippen molar-refractivity contribution in [2.45, 2.75) is 50.3 Å². The lowest BCUT2D eigenvalue weighted by Gasteiger charge is -2.10. The second-order valence-corrected chi connectivity index (χ2v) is 5.62. The van der Waals surface area contributed by atoms with Crippen molar-refractivity contribution in [1.29, 1.82) is 0 Å². The van der Waals surface area contributed by atoms with Gasteiger partial charge in [0, 0.05) is 22.3 Å². The maximum atomic E-state index is 6.08. The average Bonchev–Trinajstić information content (AvgIpc) is 2.05. The molecule has 13 heavy (non-hydrogen) atoms. The van der Waals surface area contributed by atoms with Gasteiger partial charge >= 0.3 is 0 Å². The summed E-state index contributed by atoms with van der Waals surface area (Å²) in [5, 5.41) is 0.668. The van der Waals surface area contributed by atoms with Gasteiger partial charge in [0.2, 0.25) is 0 Å². The van der Waals surface area contributed by atoms with Crippen molar-refractivity contribution in [2.75, 3.05) is 11.5 Å². The maximum Gasteiger partial charge on any atom is 0.0426 e. The van der Waals surface area contributed by atoms with Crippen LogP contribution in [0.15, 0.2) is 0 Å². The molecular formula is C10H20Cl2S. The van der Waals surface area contributed by atoms with E-state index in [9.17, 15) is 0 Å². The summed E-state index contributed by atoms with van der Waals surface area (Å²) in [5.74, 6) is 2.09. The molecule has 0 rings (SSSR count). The summed E-state index contributed by atoms with van der Waals surface area (Å²) in [5.41, 5.74) is 0. The summed E-state index contributed by atoms with van der Waals surface area (Å²) in [7, 11) is 0. The molecular weight excluding hydrogens is 223 g/mol. The molecule has 0 heterocycles. The zero-order chi connectivity index (χ0) is 10.1. The van der Waals surface area contributed by atoms with Gasteiger partial charge in [-0.05, 0) is 12.8 Å². The predicted molar refractivity (Wildman–Crippen MR) is 66.4 cm³/mol. The van der Waals surface area contributed by atoms with Crippen LogP contribution in [0.2, 0.25) is 0 Å². The topological polar surface area (TPSA) is 0 Å². The Labute approximate surface area is 96.8 Å². The predicted octanol–water partition coefficient (Wildman–Crippen LogP) is 4.53. The van der Waals surface area contributed by atoms with Crippen LogP contribution in [0, 0.1) is 0 Å². The zero-order valence-electron chi connectivity index (χ0n) is 8.56. The monoisotopic (exact) mass is 242 g/mol. The smallest absolute Gasteiger partial charge is 0.0426 e. The number of thioether (sulfide) groups is 1. The van der Waals surface area contributed by atoms with E-state index in [1.165, 1.54) is 12.8 Å². The Balaban J connectivity index is 3.23. The molecule has 0 nitrogen and oxygen atoms in total. The van der Waals surface area contributed by atoms with E-state index < -0.39 is 0 Å². The van der Waals surface area contributed by atoms with E-state index in [0.29, 0.717) is 10.8 Å². The van der Waals surface area contributed by atoms with E-state index in [2.05, 4.69) is 13.8 Å². The highest BCUT2D eigenvalue weighted by Gasteiger charge is 2.06. The van der Waals surface area contributed by atoms with Gasteiger partial charge in [0.05, 0.1) is 0 Å². The maximum absolute atomic E-state index is 6.08. The van der Waals surface area contributed by atoms with Crippen molar-refractivity contribution in [2.24, 2.45) is 0 Å². The number of hydrogen-bond acceptors (Lipinski definition) is 1. The normalized spacial score (nSPS) is 15.7. The zero-order valence-corrected chi connectivity index (χ0v) is 10.9. The van der Waals surface area contributed by atoms with Gasteiger partial charge in [0.25, 0.3) is 0 Å². The minimum Gasteiger partial charge on any atom is -0.159 e. The SMILES string of the molecule is CCCC(Cl)CSCC(Cl)CCC. The average molecular weight is 243 g/mol. The van der Waals surface area contributed by atoms with E-state index in [0.717, 1.165) is 24.3 Å². The Kier molecular flexibility index (Phi) is 10.2. The molecule has 0 radical (unpaired) electrons. The lowest BCUT2D eigenvalue weighted by Crippen LogP contribution is -2.06. The third-order valence-electron chi connectivity index (χ3n) is 1.80. The third-order valence-corrected chi connectivity index (χ3v) is 4.19. The van der Waals surface area contributed by atoms with Crippen LogP contribution in [-0.4, -0.2) is 22.3 Å². The Morgan fingerprint density at radius 2 is 1.31 bits per heavy atom. The Morgan fingerprint density at radius 3 is 1.62 bits per heavy atom. The molecule has 80 valence electrons. The van der Waals surface area contributed by atoms with Crippen molar-refractivity contribution >= 4 is 35.0 Å². The summed E-state index contributed by atoms with van der Waals surface area (Å²) < 4.78 is 0. The van der Waals surface area contributed by atoms with Gasteiger partial charge in [-0.2, -0.15) is 11.8 Å². The van der Waals surface area contributed by atoms with Gasteiger partial charge in [0.1, 0.15) is 0 Å². The van der Waals surface area contributed by atoms with Crippen LogP contribution in [0.3, 0.4) is 0 Å². The summed E-state index contributed by atoms with van der Waals surface area (Å²) in [6, 6.07) is 0. The number of hydrogen-bond donors (Lipinski definition) is 0. The van der Waals surface area contributed by atoms with Gasteiger partial charge in [-0.1, -0.05) is 26.7 Å². The molecule has 0 aromatic rings. The van der Waals surface area contributed by atoms with Crippen LogP contribution in [0.5, 0.6) is 0 Å². The largest absolute Gasteiger partial charge is 0.159 e. The van der Waals surface area contributed by atoms with E-state index in [1.54, 1.807) is 0 Å². The van der Waals surface area contributed by atoms with Crippen molar-refractivity contribution in [3.63, 3.8) is 0 Å². The second-order valence-electron chi connectivity index (χ2n) is 3.31. The van der Waals surface area contributed by atoms with Crippen LogP contribution in [-0.2, 0) is 0 Å². The molecule has 3 heteroatoms. The Hall–Kier alpha value is 0.930. The summed E-state index contributed by atoms with van der Waals surface area (Å²) in [4.78, 5) is 0. The fraction of sp³-hybridized carbons (Fsp3) is 1.00. The van der Waals surface area contributed by atoms with Gasteiger partial charge in [-0.15, -0.1) is 23.2 Å². The van der Waals surface area contributed by atoms with Crippen LogP contribution >= 0.6 is 35.0 Å². The first-order valence-electron chi connectivity index (χ1n) is 5.06. The molecule has 0 bridgehead atoms. The van der Waals surface area contributed by atoms with Crippen molar-refractivity contribution in [1.82, 2.24) is 0 Å². The molecule has 0 aliphatic heterocycles. The van der Waals surface area contributed by atoms with Gasteiger partial charge in [-0.25, -0.2) is 0 Å². The molecule has 0 aromatic heterocycles. The fourth-order valence-corrected chi connectivity index (χ4v) is 3.07. The van der Waals surface area contributed by atoms with E-state index in [-0.39, 0.29) is 0 Å². The fourth-order valence-electron chi connectivity index (χ4n) is 1.12. The highest BCUT2D eigenvalue weighted by molar-refractivity contribution is 7.99. The Bertz CT molecular complexity index is 97.1. The summed E-state index contributed by atoms with van der Waals surface area (Å²) in [6.07, 6.45) is 4.59. The van der Waals surface area contributed by atoms with Gasteiger partial charge < -0.3 is 0 Å². The highest BCUT2D eigenvalue weighted by atomic mass is 35.5. The van der Waals surface area contributed by atoms with Crippen LogP contribution in [0.1, 0.15) is 39.5 Å². The van der Waals surface area contributed by atoms with Gasteiger partial charge in [0.15, 0.2) is 0 Å². The minimum absolute atomic E-state index is 0.334. The molecule has 0 saturated carbocycles. The van der Waals surface area contributed by atoms with Crippen LogP contribution < -0.4 is 0 Å². The molecule has 2 atom stereocenters. The third kappa shape index (κ3) is 9.24. The molecule has 0 aliphatic carbocycles. The first-order chi connectivity index (χ1) is 6.20. The molecule has 2 unspecified atom stereocenters. The Morgan fingerprint density at radius 1 is 0.923 bits per heavy atom. The minimum atomic E-state index is 0.334. The number of halogens is 2. The first kappa shape index (κ1) is 13.9. The van der Waals surface area contributed by atoms with E-state index >= 15 is 0 Å². The second kappa shape index (κ2) is 9.48. The highest BCUT2D eigenvalue weighted by Crippen LogP contribution is 2.17. The summed E-state index contributed by atoms with van der Waals surface area (Å²) >= 11 is 14.0. The standard InChI is InChI=1S/C10H20Cl2S/c1-3-5-9(11)7-13-8-10(12)6-4-2/h9-10H,3-8H2,1-2H3. The van der Waals surface area contributed by atoms with Crippen LogP contribution in [0.25, 0.3) is 0 Å². The van der Waals surface area contributed by atoms with E-state index in [1.807, 2.05) is 11.8 Å². The molecule has 0 aliphatic rings. The molecule has 0 fully saturated rings. The van der Waals surface area contributed by atoms with Crippen molar-refractivity contribution in [3.8, 4) is 0 Å². The van der Waals surface area contributed by atoms with Gasteiger partial charge in [-0.3, -0.25) is 0 Å². The van der Waals surface area contributed by atoms with Crippen molar-refractivity contribution in [3.05, 3.63) is 0 Å². The lowest BCUT2D eigenvalue weighted by atomic mass is 10.3. The van der Waals surface area contributed by atoms with Crippen molar-refractivity contribution < 1.29 is 0 Å². The number of alkyl halides is 2. The summed E-state index contributed by atoms with van der Waals surface area (Å²) in [6.45, 7) is 4.34. The lowest BCUT2D eigenvalue weighted by molar-refractivity contribution is 0.776. The molecule has 0 N–H and O–H groups in total. The number of rotatable bonds is 8. The first-order valence-corrected chi connectivity index (χ1v) is 7.09. The quantitative estimate of drug-likeness (QED) is 0.564. The molecule has 0 amide bonds. The molecule has 0 spiro atoms. The van der Waals surface area contributed by atoms with E-state index in [4.69, 9.17) is 23.2 Å².